The molecule has 2 rings (SSSR count). The number of nitro benzene ring substituents is 1. The van der Waals surface area contributed by atoms with Gasteiger partial charge >= 0.3 is 0 Å². The first-order chi connectivity index (χ1) is 9.02. The zero-order chi connectivity index (χ0) is 14.0. The summed E-state index contributed by atoms with van der Waals surface area (Å²) in [6, 6.07) is 6.12. The Balaban J connectivity index is 2.47. The monoisotopic (exact) mass is 258 g/mol. The molecule has 19 heavy (non-hydrogen) atoms. The van der Waals surface area contributed by atoms with Crippen molar-refractivity contribution >= 4 is 11.5 Å². The van der Waals surface area contributed by atoms with Crippen molar-refractivity contribution in [1.29, 1.82) is 0 Å². The highest BCUT2D eigenvalue weighted by Gasteiger charge is 2.10. The van der Waals surface area contributed by atoms with E-state index in [2.05, 4.69) is 9.97 Å². The molecule has 0 aliphatic heterocycles. The fourth-order valence-corrected chi connectivity index (χ4v) is 1.79. The molecule has 0 unspecified atom stereocenters. The molecule has 1 heterocycles. The van der Waals surface area contributed by atoms with E-state index in [9.17, 15) is 10.1 Å². The van der Waals surface area contributed by atoms with E-state index in [1.807, 2.05) is 13.8 Å². The summed E-state index contributed by atoms with van der Waals surface area (Å²) in [6.07, 6.45) is 0.762. The number of nitrogens with two attached hydrogens (primary N) is 1. The maximum atomic E-state index is 10.6. The molecular weight excluding hydrogens is 244 g/mol. The Labute approximate surface area is 110 Å². The van der Waals surface area contributed by atoms with E-state index >= 15 is 0 Å². The molecule has 1 aromatic heterocycles. The minimum Gasteiger partial charge on any atom is -0.383 e. The summed E-state index contributed by atoms with van der Waals surface area (Å²) < 4.78 is 0. The molecule has 0 fully saturated rings. The highest BCUT2D eigenvalue weighted by Crippen LogP contribution is 2.22. The summed E-state index contributed by atoms with van der Waals surface area (Å²) >= 11 is 0. The van der Waals surface area contributed by atoms with Crippen molar-refractivity contribution in [2.45, 2.75) is 20.3 Å². The summed E-state index contributed by atoms with van der Waals surface area (Å²) in [7, 11) is 0. The number of aryl methyl sites for hydroxylation is 1. The predicted molar refractivity (Wildman–Crippen MR) is 72.6 cm³/mol. The highest BCUT2D eigenvalue weighted by molar-refractivity contribution is 5.60. The van der Waals surface area contributed by atoms with Crippen LogP contribution in [0.1, 0.15) is 18.2 Å². The molecule has 0 aliphatic rings. The topological polar surface area (TPSA) is 94.9 Å². The Kier molecular flexibility index (Phi) is 3.41. The Morgan fingerprint density at radius 2 is 1.89 bits per heavy atom. The normalized spacial score (nSPS) is 10.4. The second-order valence-electron chi connectivity index (χ2n) is 4.16. The van der Waals surface area contributed by atoms with Crippen LogP contribution in [0, 0.1) is 17.0 Å². The van der Waals surface area contributed by atoms with Crippen molar-refractivity contribution in [2.75, 3.05) is 5.73 Å². The first kappa shape index (κ1) is 12.9. The Bertz CT molecular complexity index is 623. The van der Waals surface area contributed by atoms with Crippen LogP contribution in [0.25, 0.3) is 11.4 Å². The van der Waals surface area contributed by atoms with Crippen LogP contribution in [0.2, 0.25) is 0 Å². The van der Waals surface area contributed by atoms with E-state index in [1.54, 1.807) is 12.1 Å². The first-order valence-electron chi connectivity index (χ1n) is 5.90. The van der Waals surface area contributed by atoms with Crippen LogP contribution >= 0.6 is 0 Å². The van der Waals surface area contributed by atoms with E-state index in [0.717, 1.165) is 17.7 Å². The number of non-ortho nitro benzene ring substituents is 1. The second kappa shape index (κ2) is 5.01. The summed E-state index contributed by atoms with van der Waals surface area (Å²) in [6.45, 7) is 3.88. The van der Waals surface area contributed by atoms with Crippen molar-refractivity contribution in [3.63, 3.8) is 0 Å². The second-order valence-corrected chi connectivity index (χ2v) is 4.16. The van der Waals surface area contributed by atoms with Crippen molar-refractivity contribution < 1.29 is 4.92 Å². The number of anilines is 1. The zero-order valence-corrected chi connectivity index (χ0v) is 10.8. The summed E-state index contributed by atoms with van der Waals surface area (Å²) in [5.41, 5.74) is 8.38. The molecule has 0 atom stereocenters. The van der Waals surface area contributed by atoms with Crippen molar-refractivity contribution in [3.05, 3.63) is 45.6 Å². The lowest BCUT2D eigenvalue weighted by molar-refractivity contribution is -0.384. The molecule has 0 saturated carbocycles. The SMILES string of the molecule is CCc1nc(-c2ccc([N+](=O)[O-])cc2)nc(N)c1C. The lowest BCUT2D eigenvalue weighted by Crippen LogP contribution is -2.04. The van der Waals surface area contributed by atoms with Gasteiger partial charge in [-0.2, -0.15) is 0 Å². The maximum absolute atomic E-state index is 10.6. The van der Waals surface area contributed by atoms with Crippen LogP contribution in [0.5, 0.6) is 0 Å². The van der Waals surface area contributed by atoms with Gasteiger partial charge in [0.2, 0.25) is 0 Å². The van der Waals surface area contributed by atoms with Crippen molar-refractivity contribution in [1.82, 2.24) is 9.97 Å². The fraction of sp³-hybridized carbons (Fsp3) is 0.231. The molecule has 1 aromatic carbocycles. The van der Waals surface area contributed by atoms with Gasteiger partial charge in [-0.3, -0.25) is 10.1 Å². The molecule has 0 bridgehead atoms. The number of hydrogen-bond acceptors (Lipinski definition) is 5. The third kappa shape index (κ3) is 2.52. The van der Waals surface area contributed by atoms with Gasteiger partial charge in [0.05, 0.1) is 4.92 Å². The molecule has 0 aliphatic carbocycles. The van der Waals surface area contributed by atoms with E-state index in [1.165, 1.54) is 12.1 Å². The molecule has 98 valence electrons. The molecule has 6 heteroatoms. The van der Waals surface area contributed by atoms with E-state index in [4.69, 9.17) is 5.73 Å². The largest absolute Gasteiger partial charge is 0.383 e. The lowest BCUT2D eigenvalue weighted by Gasteiger charge is -2.08. The minimum atomic E-state index is -0.439. The summed E-state index contributed by atoms with van der Waals surface area (Å²) in [5, 5.41) is 10.6. The van der Waals surface area contributed by atoms with Crippen LogP contribution in [0.15, 0.2) is 24.3 Å². The van der Waals surface area contributed by atoms with Gasteiger partial charge in [0.25, 0.3) is 5.69 Å². The molecular formula is C13H14N4O2. The molecule has 2 aromatic rings. The van der Waals surface area contributed by atoms with Crippen LogP contribution < -0.4 is 5.73 Å². The number of nitrogens with zero attached hydrogens (tertiary/aromatic N) is 3. The van der Waals surface area contributed by atoms with E-state index in [-0.39, 0.29) is 5.69 Å². The smallest absolute Gasteiger partial charge is 0.269 e. The van der Waals surface area contributed by atoms with Crippen LogP contribution in [-0.2, 0) is 6.42 Å². The predicted octanol–water partition coefficient (Wildman–Crippen LogP) is 2.50. The van der Waals surface area contributed by atoms with Gasteiger partial charge in [-0.05, 0) is 25.5 Å². The summed E-state index contributed by atoms with van der Waals surface area (Å²) in [5.74, 6) is 0.940. The molecule has 0 saturated heterocycles. The van der Waals surface area contributed by atoms with E-state index in [0.29, 0.717) is 17.2 Å². The fourth-order valence-electron chi connectivity index (χ4n) is 1.79. The standard InChI is InChI=1S/C13H14N4O2/c1-3-11-8(2)12(14)16-13(15-11)9-4-6-10(7-5-9)17(18)19/h4-7H,3H2,1-2H3,(H2,14,15,16). The average molecular weight is 258 g/mol. The average Bonchev–Trinajstić information content (AvgIpc) is 2.41. The maximum Gasteiger partial charge on any atom is 0.269 e. The minimum absolute atomic E-state index is 0.0412. The number of aromatic nitrogens is 2. The number of rotatable bonds is 3. The summed E-state index contributed by atoms with van der Waals surface area (Å²) in [4.78, 5) is 18.8. The Morgan fingerprint density at radius 3 is 2.42 bits per heavy atom. The van der Waals surface area contributed by atoms with Gasteiger partial charge in [0.15, 0.2) is 5.82 Å². The molecule has 6 nitrogen and oxygen atoms in total. The van der Waals surface area contributed by atoms with E-state index < -0.39 is 4.92 Å². The highest BCUT2D eigenvalue weighted by atomic mass is 16.6. The molecule has 0 spiro atoms. The molecule has 0 radical (unpaired) electrons. The first-order valence-corrected chi connectivity index (χ1v) is 5.90. The van der Waals surface area contributed by atoms with Crippen LogP contribution in [0.4, 0.5) is 11.5 Å². The number of hydrogen-bond donors (Lipinski definition) is 1. The van der Waals surface area contributed by atoms with Gasteiger partial charge < -0.3 is 5.73 Å². The molecule has 2 N–H and O–H groups in total. The Morgan fingerprint density at radius 1 is 1.26 bits per heavy atom. The van der Waals surface area contributed by atoms with Gasteiger partial charge in [0, 0.05) is 29.0 Å². The zero-order valence-electron chi connectivity index (χ0n) is 10.8. The van der Waals surface area contributed by atoms with Crippen LogP contribution in [0.3, 0.4) is 0 Å². The lowest BCUT2D eigenvalue weighted by atomic mass is 10.1. The van der Waals surface area contributed by atoms with Crippen molar-refractivity contribution in [2.24, 2.45) is 0 Å². The quantitative estimate of drug-likeness (QED) is 0.674. The third-order valence-corrected chi connectivity index (χ3v) is 2.96. The van der Waals surface area contributed by atoms with Crippen LogP contribution in [-0.4, -0.2) is 14.9 Å². The van der Waals surface area contributed by atoms with Gasteiger partial charge in [0.1, 0.15) is 5.82 Å². The third-order valence-electron chi connectivity index (χ3n) is 2.96. The van der Waals surface area contributed by atoms with Crippen molar-refractivity contribution in [3.8, 4) is 11.4 Å². The van der Waals surface area contributed by atoms with Gasteiger partial charge in [-0.15, -0.1) is 0 Å². The number of nitro groups is 1. The van der Waals surface area contributed by atoms with Gasteiger partial charge in [-0.25, -0.2) is 9.97 Å². The number of benzene rings is 1. The van der Waals surface area contributed by atoms with Gasteiger partial charge in [-0.1, -0.05) is 6.92 Å². The Hall–Kier alpha value is -2.50. The number of nitrogen functional groups attached to an aromatic ring is 1. The molecule has 0 amide bonds.